The second-order valence-electron chi connectivity index (χ2n) is 3.40. The first-order chi connectivity index (χ1) is 7.27. The highest BCUT2D eigenvalue weighted by Gasteiger charge is 2.09. The summed E-state index contributed by atoms with van der Waals surface area (Å²) < 4.78 is 0. The number of nitrogen functional groups attached to an aromatic ring is 1. The first-order valence-corrected chi connectivity index (χ1v) is 5.62. The molecule has 4 heteroatoms. The van der Waals surface area contributed by atoms with E-state index in [0.717, 1.165) is 17.7 Å². The molecule has 0 aliphatic carbocycles. The average molecular weight is 219 g/mol. The summed E-state index contributed by atoms with van der Waals surface area (Å²) in [5.41, 5.74) is 13.7. The van der Waals surface area contributed by atoms with Crippen molar-refractivity contribution in [3.8, 4) is 0 Å². The third-order valence-electron chi connectivity index (χ3n) is 2.29. The van der Waals surface area contributed by atoms with Crippen LogP contribution in [0.1, 0.15) is 16.5 Å². The van der Waals surface area contributed by atoms with Crippen LogP contribution in [0.4, 0.5) is 5.69 Å². The van der Waals surface area contributed by atoms with Crippen molar-refractivity contribution in [3.63, 3.8) is 0 Å². The van der Waals surface area contributed by atoms with Gasteiger partial charge in [-0.05, 0) is 29.5 Å². The summed E-state index contributed by atoms with van der Waals surface area (Å²) in [6.07, 6.45) is 4.21. The Hall–Kier alpha value is -1.39. The number of rotatable bonds is 3. The summed E-state index contributed by atoms with van der Waals surface area (Å²) in [5.74, 6) is 0. The van der Waals surface area contributed by atoms with Gasteiger partial charge in [0.2, 0.25) is 0 Å². The summed E-state index contributed by atoms with van der Waals surface area (Å²) in [7, 11) is 0. The Labute approximate surface area is 92.8 Å². The number of thiophene rings is 1. The lowest BCUT2D eigenvalue weighted by atomic mass is 10.1. The van der Waals surface area contributed by atoms with Crippen molar-refractivity contribution < 1.29 is 0 Å². The van der Waals surface area contributed by atoms with Crippen LogP contribution in [-0.4, -0.2) is 4.98 Å². The van der Waals surface area contributed by atoms with Gasteiger partial charge in [0.1, 0.15) is 0 Å². The molecule has 0 saturated heterocycles. The molecule has 0 radical (unpaired) electrons. The van der Waals surface area contributed by atoms with E-state index in [0.29, 0.717) is 0 Å². The first-order valence-electron chi connectivity index (χ1n) is 4.74. The Balaban J connectivity index is 2.13. The van der Waals surface area contributed by atoms with Crippen LogP contribution in [-0.2, 0) is 6.42 Å². The van der Waals surface area contributed by atoms with E-state index < -0.39 is 0 Å². The predicted molar refractivity (Wildman–Crippen MR) is 63.6 cm³/mol. The maximum absolute atomic E-state index is 6.07. The van der Waals surface area contributed by atoms with Crippen molar-refractivity contribution in [3.05, 3.63) is 46.4 Å². The number of hydrogen-bond donors (Lipinski definition) is 2. The number of nitrogens with two attached hydrogens (primary N) is 2. The van der Waals surface area contributed by atoms with Crippen molar-refractivity contribution in [1.29, 1.82) is 0 Å². The van der Waals surface area contributed by atoms with Gasteiger partial charge in [-0.1, -0.05) is 6.07 Å². The minimum absolute atomic E-state index is 0.0106. The highest BCUT2D eigenvalue weighted by Crippen LogP contribution is 2.22. The molecule has 2 heterocycles. The zero-order chi connectivity index (χ0) is 10.7. The van der Waals surface area contributed by atoms with Gasteiger partial charge < -0.3 is 11.5 Å². The van der Waals surface area contributed by atoms with Crippen LogP contribution in [0.2, 0.25) is 0 Å². The van der Waals surface area contributed by atoms with Crippen molar-refractivity contribution in [1.82, 2.24) is 4.98 Å². The quantitative estimate of drug-likeness (QED) is 0.829. The minimum Gasteiger partial charge on any atom is -0.398 e. The zero-order valence-corrected chi connectivity index (χ0v) is 9.08. The Morgan fingerprint density at radius 2 is 2.27 bits per heavy atom. The highest BCUT2D eigenvalue weighted by molar-refractivity contribution is 7.10. The van der Waals surface area contributed by atoms with Crippen molar-refractivity contribution in [2.45, 2.75) is 12.5 Å². The normalized spacial score (nSPS) is 12.6. The maximum atomic E-state index is 6.07. The van der Waals surface area contributed by atoms with E-state index in [9.17, 15) is 0 Å². The molecule has 0 aliphatic heterocycles. The molecule has 2 aromatic heterocycles. The molecule has 0 spiro atoms. The number of hydrogen-bond acceptors (Lipinski definition) is 4. The van der Waals surface area contributed by atoms with Crippen LogP contribution in [0.5, 0.6) is 0 Å². The highest BCUT2D eigenvalue weighted by atomic mass is 32.1. The Morgan fingerprint density at radius 3 is 2.93 bits per heavy atom. The molecule has 0 bridgehead atoms. The van der Waals surface area contributed by atoms with Crippen LogP contribution in [0.3, 0.4) is 0 Å². The van der Waals surface area contributed by atoms with Gasteiger partial charge in [-0.25, -0.2) is 0 Å². The topological polar surface area (TPSA) is 64.9 Å². The minimum atomic E-state index is 0.0106. The van der Waals surface area contributed by atoms with Crippen molar-refractivity contribution >= 4 is 17.0 Å². The first kappa shape index (κ1) is 10.1. The standard InChI is InChI=1S/C11H13N3S/c12-9-3-4-14-7-8(9)6-10(13)11-2-1-5-15-11/h1-5,7,10H,6,13H2,(H2,12,14). The SMILES string of the molecule is Nc1ccncc1CC(N)c1cccs1. The molecule has 0 fully saturated rings. The Morgan fingerprint density at radius 1 is 1.40 bits per heavy atom. The molecule has 3 nitrogen and oxygen atoms in total. The fourth-order valence-corrected chi connectivity index (χ4v) is 2.18. The monoisotopic (exact) mass is 219 g/mol. The lowest BCUT2D eigenvalue weighted by molar-refractivity contribution is 0.735. The number of pyridine rings is 1. The predicted octanol–water partition coefficient (Wildman–Crippen LogP) is 1.97. The average Bonchev–Trinajstić information content (AvgIpc) is 2.74. The molecule has 2 aromatic rings. The van der Waals surface area contributed by atoms with Crippen LogP contribution >= 0.6 is 11.3 Å². The third-order valence-corrected chi connectivity index (χ3v) is 3.29. The van der Waals surface area contributed by atoms with E-state index in [1.807, 2.05) is 17.5 Å². The second-order valence-corrected chi connectivity index (χ2v) is 4.38. The van der Waals surface area contributed by atoms with Gasteiger partial charge in [-0.2, -0.15) is 0 Å². The fraction of sp³-hybridized carbons (Fsp3) is 0.182. The van der Waals surface area contributed by atoms with E-state index in [4.69, 9.17) is 11.5 Å². The molecular formula is C11H13N3S. The summed E-state index contributed by atoms with van der Waals surface area (Å²) in [6, 6.07) is 5.86. The molecule has 1 unspecified atom stereocenters. The molecule has 1 atom stereocenters. The van der Waals surface area contributed by atoms with Gasteiger partial charge in [0.05, 0.1) is 0 Å². The molecule has 15 heavy (non-hydrogen) atoms. The van der Waals surface area contributed by atoms with Gasteiger partial charge >= 0.3 is 0 Å². The lowest BCUT2D eigenvalue weighted by Gasteiger charge is -2.10. The molecule has 4 N–H and O–H groups in total. The van der Waals surface area contributed by atoms with Crippen LogP contribution < -0.4 is 11.5 Å². The van der Waals surface area contributed by atoms with E-state index in [-0.39, 0.29) is 6.04 Å². The maximum Gasteiger partial charge on any atom is 0.0431 e. The number of aromatic nitrogens is 1. The van der Waals surface area contributed by atoms with Crippen LogP contribution in [0.25, 0.3) is 0 Å². The van der Waals surface area contributed by atoms with E-state index in [1.165, 1.54) is 4.88 Å². The van der Waals surface area contributed by atoms with E-state index in [2.05, 4.69) is 4.98 Å². The third kappa shape index (κ3) is 2.34. The van der Waals surface area contributed by atoms with E-state index in [1.54, 1.807) is 29.8 Å². The molecule has 0 aromatic carbocycles. The zero-order valence-electron chi connectivity index (χ0n) is 8.26. The molecule has 0 saturated carbocycles. The van der Waals surface area contributed by atoms with Crippen LogP contribution in [0, 0.1) is 0 Å². The van der Waals surface area contributed by atoms with Crippen molar-refractivity contribution in [2.75, 3.05) is 5.73 Å². The molecular weight excluding hydrogens is 206 g/mol. The summed E-state index contributed by atoms with van der Waals surface area (Å²) in [5, 5.41) is 2.03. The van der Waals surface area contributed by atoms with Crippen LogP contribution in [0.15, 0.2) is 36.0 Å². The van der Waals surface area contributed by atoms with Gasteiger partial charge in [0, 0.05) is 29.0 Å². The smallest absolute Gasteiger partial charge is 0.0431 e. The molecule has 0 aliphatic rings. The number of anilines is 1. The van der Waals surface area contributed by atoms with Gasteiger partial charge in [0.25, 0.3) is 0 Å². The molecule has 0 amide bonds. The fourth-order valence-electron chi connectivity index (χ4n) is 1.45. The van der Waals surface area contributed by atoms with E-state index >= 15 is 0 Å². The molecule has 2 rings (SSSR count). The van der Waals surface area contributed by atoms with Gasteiger partial charge in [-0.15, -0.1) is 11.3 Å². The van der Waals surface area contributed by atoms with Gasteiger partial charge in [-0.3, -0.25) is 4.98 Å². The lowest BCUT2D eigenvalue weighted by Crippen LogP contribution is -2.13. The van der Waals surface area contributed by atoms with Gasteiger partial charge in [0.15, 0.2) is 0 Å². The molecule has 78 valence electrons. The summed E-state index contributed by atoms with van der Waals surface area (Å²) in [6.45, 7) is 0. The largest absolute Gasteiger partial charge is 0.398 e. The Kier molecular flexibility index (Phi) is 2.99. The Bertz CT molecular complexity index is 425. The van der Waals surface area contributed by atoms with Crippen molar-refractivity contribution in [2.24, 2.45) is 5.73 Å². The summed E-state index contributed by atoms with van der Waals surface area (Å²) in [4.78, 5) is 5.23. The summed E-state index contributed by atoms with van der Waals surface area (Å²) >= 11 is 1.67. The second kappa shape index (κ2) is 4.42. The number of nitrogens with zero attached hydrogens (tertiary/aromatic N) is 1.